The molecule has 1 atom stereocenters. The van der Waals surface area contributed by atoms with Crippen LogP contribution in [0.2, 0.25) is 0 Å². The first kappa shape index (κ1) is 14.1. The highest BCUT2D eigenvalue weighted by atomic mass is 16.3. The first-order valence-corrected chi connectivity index (χ1v) is 7.48. The number of benzene rings is 1. The number of nitrogens with zero attached hydrogens (tertiary/aromatic N) is 3. The Morgan fingerprint density at radius 2 is 2.05 bits per heavy atom. The molecule has 112 valence electrons. The fourth-order valence-corrected chi connectivity index (χ4v) is 2.91. The molecular formula is C17H23N3O. The normalized spacial score (nSPS) is 18.1. The molecular weight excluding hydrogens is 262 g/mol. The van der Waals surface area contributed by atoms with Gasteiger partial charge in [-0.2, -0.15) is 5.10 Å². The van der Waals surface area contributed by atoms with Crippen molar-refractivity contribution in [2.45, 2.75) is 45.3 Å². The zero-order valence-corrected chi connectivity index (χ0v) is 13.0. The van der Waals surface area contributed by atoms with Gasteiger partial charge in [0.05, 0.1) is 24.4 Å². The Morgan fingerprint density at radius 3 is 2.71 bits per heavy atom. The van der Waals surface area contributed by atoms with Crippen molar-refractivity contribution in [3.05, 3.63) is 47.8 Å². The third kappa shape index (κ3) is 2.68. The van der Waals surface area contributed by atoms with Crippen LogP contribution in [0.5, 0.6) is 0 Å². The molecule has 1 aliphatic heterocycles. The molecule has 1 aromatic heterocycles. The first-order valence-electron chi connectivity index (χ1n) is 7.48. The summed E-state index contributed by atoms with van der Waals surface area (Å²) in [5, 5.41) is 14.1. The Balaban J connectivity index is 1.85. The second-order valence-electron chi connectivity index (χ2n) is 6.76. The summed E-state index contributed by atoms with van der Waals surface area (Å²) in [6.07, 6.45) is 4.95. The van der Waals surface area contributed by atoms with E-state index in [0.717, 1.165) is 13.0 Å². The van der Waals surface area contributed by atoms with Gasteiger partial charge < -0.3 is 10.0 Å². The minimum Gasteiger partial charge on any atom is -0.394 e. The summed E-state index contributed by atoms with van der Waals surface area (Å²) in [7, 11) is 0. The summed E-state index contributed by atoms with van der Waals surface area (Å²) in [5.41, 5.74) is 3.73. The van der Waals surface area contributed by atoms with Crippen molar-refractivity contribution < 1.29 is 5.11 Å². The van der Waals surface area contributed by atoms with Crippen LogP contribution >= 0.6 is 0 Å². The lowest BCUT2D eigenvalue weighted by molar-refractivity contribution is 0.262. The number of aliphatic hydroxyl groups is 1. The van der Waals surface area contributed by atoms with Crippen molar-refractivity contribution in [1.29, 1.82) is 0 Å². The van der Waals surface area contributed by atoms with Gasteiger partial charge in [-0.15, -0.1) is 0 Å². The number of rotatable bonds is 3. The zero-order chi connectivity index (χ0) is 15.0. The van der Waals surface area contributed by atoms with Crippen LogP contribution in [-0.2, 0) is 18.5 Å². The highest BCUT2D eigenvalue weighted by molar-refractivity contribution is 5.59. The maximum Gasteiger partial charge on any atom is 0.0638 e. The fourth-order valence-electron chi connectivity index (χ4n) is 2.91. The molecule has 0 saturated carbocycles. The van der Waals surface area contributed by atoms with Gasteiger partial charge in [-0.3, -0.25) is 4.68 Å². The number of hydrogen-bond acceptors (Lipinski definition) is 3. The maximum absolute atomic E-state index is 9.66. The highest BCUT2D eigenvalue weighted by Gasteiger charge is 2.28. The molecule has 0 spiro atoms. The molecule has 4 nitrogen and oxygen atoms in total. The summed E-state index contributed by atoms with van der Waals surface area (Å²) < 4.78 is 2.00. The minimum absolute atomic E-state index is 0.00243. The lowest BCUT2D eigenvalue weighted by atomic mass is 10.1. The fraction of sp³-hybridized carbons (Fsp3) is 0.471. The zero-order valence-electron chi connectivity index (χ0n) is 13.0. The van der Waals surface area contributed by atoms with E-state index in [-0.39, 0.29) is 18.2 Å². The predicted molar refractivity (Wildman–Crippen MR) is 84.4 cm³/mol. The summed E-state index contributed by atoms with van der Waals surface area (Å²) >= 11 is 0. The van der Waals surface area contributed by atoms with E-state index in [2.05, 4.69) is 61.2 Å². The molecule has 0 unspecified atom stereocenters. The van der Waals surface area contributed by atoms with Gasteiger partial charge in [0.1, 0.15) is 0 Å². The summed E-state index contributed by atoms with van der Waals surface area (Å²) in [6.45, 7) is 7.41. The monoisotopic (exact) mass is 285 g/mol. The van der Waals surface area contributed by atoms with E-state index in [1.807, 2.05) is 10.9 Å². The van der Waals surface area contributed by atoms with Gasteiger partial charge in [0, 0.05) is 24.0 Å². The van der Waals surface area contributed by atoms with Crippen LogP contribution in [0.25, 0.3) is 0 Å². The average Bonchev–Trinajstić information content (AvgIpc) is 3.04. The molecule has 0 fully saturated rings. The standard InChI is InChI=1S/C17H23N3O/c1-17(2,3)20-11-13(9-18-20)10-19-15(12-21)8-14-6-4-5-7-16(14)19/h4-7,9,11,15,21H,8,10,12H2,1-3H3/t15-/m1/s1. The minimum atomic E-state index is -0.00243. The summed E-state index contributed by atoms with van der Waals surface area (Å²) in [4.78, 5) is 2.29. The van der Waals surface area contributed by atoms with Gasteiger partial charge in [0.25, 0.3) is 0 Å². The van der Waals surface area contributed by atoms with Crippen LogP contribution in [0.3, 0.4) is 0 Å². The Labute approximate surface area is 126 Å². The third-order valence-corrected chi connectivity index (χ3v) is 4.08. The van der Waals surface area contributed by atoms with E-state index < -0.39 is 0 Å². The topological polar surface area (TPSA) is 41.3 Å². The molecule has 2 aromatic rings. The van der Waals surface area contributed by atoms with Gasteiger partial charge in [-0.05, 0) is 38.8 Å². The van der Waals surface area contributed by atoms with Gasteiger partial charge >= 0.3 is 0 Å². The lowest BCUT2D eigenvalue weighted by Gasteiger charge is -2.25. The van der Waals surface area contributed by atoms with Gasteiger partial charge in [0.15, 0.2) is 0 Å². The number of anilines is 1. The van der Waals surface area contributed by atoms with Crippen LogP contribution in [-0.4, -0.2) is 27.5 Å². The van der Waals surface area contributed by atoms with E-state index in [1.54, 1.807) is 0 Å². The largest absolute Gasteiger partial charge is 0.394 e. The number of aromatic nitrogens is 2. The van der Waals surface area contributed by atoms with Crippen LogP contribution in [0, 0.1) is 0 Å². The molecule has 0 radical (unpaired) electrons. The van der Waals surface area contributed by atoms with E-state index in [1.165, 1.54) is 16.8 Å². The smallest absolute Gasteiger partial charge is 0.0638 e. The molecule has 3 rings (SSSR count). The van der Waals surface area contributed by atoms with Gasteiger partial charge in [-0.25, -0.2) is 0 Å². The van der Waals surface area contributed by atoms with Crippen molar-refractivity contribution >= 4 is 5.69 Å². The Hall–Kier alpha value is -1.81. The van der Waals surface area contributed by atoms with Crippen molar-refractivity contribution in [2.24, 2.45) is 0 Å². The Kier molecular flexibility index (Phi) is 3.49. The number of hydrogen-bond donors (Lipinski definition) is 1. The summed E-state index contributed by atoms with van der Waals surface area (Å²) in [5.74, 6) is 0. The average molecular weight is 285 g/mol. The molecule has 0 saturated heterocycles. The van der Waals surface area contributed by atoms with Crippen LogP contribution in [0.4, 0.5) is 5.69 Å². The number of fused-ring (bicyclic) bond motifs is 1. The van der Waals surface area contributed by atoms with Crippen molar-refractivity contribution in [2.75, 3.05) is 11.5 Å². The van der Waals surface area contributed by atoms with E-state index in [4.69, 9.17) is 0 Å². The summed E-state index contributed by atoms with van der Waals surface area (Å²) in [6, 6.07) is 8.58. The molecule has 1 N–H and O–H groups in total. The molecule has 2 heterocycles. The molecule has 1 aromatic carbocycles. The quantitative estimate of drug-likeness (QED) is 0.942. The number of para-hydroxylation sites is 1. The van der Waals surface area contributed by atoms with Gasteiger partial charge in [-0.1, -0.05) is 18.2 Å². The van der Waals surface area contributed by atoms with E-state index >= 15 is 0 Å². The molecule has 1 aliphatic rings. The van der Waals surface area contributed by atoms with E-state index in [0.29, 0.717) is 0 Å². The molecule has 21 heavy (non-hydrogen) atoms. The SMILES string of the molecule is CC(C)(C)n1cc(CN2c3ccccc3C[C@@H]2CO)cn1. The number of aliphatic hydroxyl groups excluding tert-OH is 1. The third-order valence-electron chi connectivity index (χ3n) is 4.08. The van der Waals surface area contributed by atoms with E-state index in [9.17, 15) is 5.11 Å². The Morgan fingerprint density at radius 1 is 1.29 bits per heavy atom. The van der Waals surface area contributed by atoms with Gasteiger partial charge in [0.2, 0.25) is 0 Å². The van der Waals surface area contributed by atoms with Crippen molar-refractivity contribution in [1.82, 2.24) is 9.78 Å². The highest BCUT2D eigenvalue weighted by Crippen LogP contribution is 2.33. The van der Waals surface area contributed by atoms with Crippen LogP contribution in [0.15, 0.2) is 36.7 Å². The second kappa shape index (κ2) is 5.19. The van der Waals surface area contributed by atoms with Crippen molar-refractivity contribution in [3.8, 4) is 0 Å². The van der Waals surface area contributed by atoms with Crippen LogP contribution in [0.1, 0.15) is 31.9 Å². The molecule has 4 heteroatoms. The molecule has 0 bridgehead atoms. The molecule has 0 amide bonds. The van der Waals surface area contributed by atoms with Crippen molar-refractivity contribution in [3.63, 3.8) is 0 Å². The maximum atomic E-state index is 9.66. The van der Waals surface area contributed by atoms with Crippen LogP contribution < -0.4 is 4.90 Å². The lowest BCUT2D eigenvalue weighted by Crippen LogP contribution is -2.34. The second-order valence-corrected chi connectivity index (χ2v) is 6.76. The molecule has 0 aliphatic carbocycles. The Bertz CT molecular complexity index is 627. The first-order chi connectivity index (χ1) is 9.99. The predicted octanol–water partition coefficient (Wildman–Crippen LogP) is 2.56.